The van der Waals surface area contributed by atoms with Gasteiger partial charge in [0.2, 0.25) is 0 Å². The summed E-state index contributed by atoms with van der Waals surface area (Å²) < 4.78 is 20.1. The van der Waals surface area contributed by atoms with Crippen molar-refractivity contribution in [2.24, 2.45) is 7.05 Å². The van der Waals surface area contributed by atoms with E-state index in [4.69, 9.17) is 4.74 Å². The van der Waals surface area contributed by atoms with Crippen molar-refractivity contribution >= 4 is 11.8 Å². The summed E-state index contributed by atoms with van der Waals surface area (Å²) in [5.74, 6) is 1.86. The molecule has 0 bridgehead atoms. The van der Waals surface area contributed by atoms with Crippen molar-refractivity contribution in [1.82, 2.24) is 20.2 Å². The molecule has 19 heavy (non-hydrogen) atoms. The van der Waals surface area contributed by atoms with E-state index in [1.54, 1.807) is 36.7 Å². The Labute approximate surface area is 115 Å². The second-order valence-electron chi connectivity index (χ2n) is 4.07. The summed E-state index contributed by atoms with van der Waals surface area (Å²) in [6, 6.07) is 4.52. The van der Waals surface area contributed by atoms with Gasteiger partial charge in [0.05, 0.1) is 12.4 Å². The van der Waals surface area contributed by atoms with Crippen molar-refractivity contribution in [3.8, 4) is 5.75 Å². The third-order valence-corrected chi connectivity index (χ3v) is 3.94. The minimum Gasteiger partial charge on any atom is -0.496 e. The molecule has 2 aromatic rings. The number of aromatic nitrogens is 4. The normalized spacial score (nSPS) is 12.4. The number of hydrogen-bond acceptors (Lipinski definition) is 5. The third kappa shape index (κ3) is 3.23. The number of benzene rings is 1. The minimum absolute atomic E-state index is 0.118. The largest absolute Gasteiger partial charge is 0.496 e. The zero-order valence-electron chi connectivity index (χ0n) is 11.0. The summed E-state index contributed by atoms with van der Waals surface area (Å²) in [5, 5.41) is 11.5. The summed E-state index contributed by atoms with van der Waals surface area (Å²) >= 11 is 1.63. The molecule has 0 fully saturated rings. The first kappa shape index (κ1) is 13.8. The van der Waals surface area contributed by atoms with Crippen LogP contribution in [0.25, 0.3) is 0 Å². The lowest BCUT2D eigenvalue weighted by Crippen LogP contribution is -2.02. The van der Waals surface area contributed by atoms with E-state index in [1.165, 1.54) is 12.1 Å². The topological polar surface area (TPSA) is 52.8 Å². The molecule has 1 aromatic carbocycles. The fourth-order valence-corrected chi connectivity index (χ4v) is 2.73. The Morgan fingerprint density at radius 3 is 2.89 bits per heavy atom. The van der Waals surface area contributed by atoms with Crippen LogP contribution >= 0.6 is 11.8 Å². The fraction of sp³-hybridized carbons (Fsp3) is 0.417. The Kier molecular flexibility index (Phi) is 4.36. The molecular formula is C12H15FN4OS. The van der Waals surface area contributed by atoms with Gasteiger partial charge in [0.15, 0.2) is 5.82 Å². The van der Waals surface area contributed by atoms with Crippen LogP contribution in [-0.2, 0) is 12.8 Å². The number of thioether (sulfide) groups is 1. The smallest absolute Gasteiger partial charge is 0.163 e. The highest BCUT2D eigenvalue weighted by Gasteiger charge is 2.14. The van der Waals surface area contributed by atoms with Crippen LogP contribution in [0.1, 0.15) is 23.6 Å². The molecule has 2 rings (SSSR count). The molecule has 0 amide bonds. The number of hydrogen-bond donors (Lipinski definition) is 0. The van der Waals surface area contributed by atoms with Crippen LogP contribution in [0.4, 0.5) is 4.39 Å². The number of rotatable bonds is 5. The molecule has 1 aromatic heterocycles. The minimum atomic E-state index is -0.260. The van der Waals surface area contributed by atoms with E-state index >= 15 is 0 Å². The molecule has 0 saturated heterocycles. The van der Waals surface area contributed by atoms with Crippen molar-refractivity contribution < 1.29 is 9.13 Å². The summed E-state index contributed by atoms with van der Waals surface area (Å²) in [5.41, 5.74) is 0.828. The Hall–Kier alpha value is -1.63. The van der Waals surface area contributed by atoms with Crippen molar-refractivity contribution in [2.45, 2.75) is 17.9 Å². The lowest BCUT2D eigenvalue weighted by molar-refractivity contribution is 0.410. The van der Waals surface area contributed by atoms with Gasteiger partial charge in [-0.25, -0.2) is 9.07 Å². The predicted octanol–water partition coefficient (Wildman–Crippen LogP) is 2.35. The van der Waals surface area contributed by atoms with Crippen LogP contribution in [-0.4, -0.2) is 27.3 Å². The molecule has 0 saturated carbocycles. The lowest BCUT2D eigenvalue weighted by atomic mass is 10.2. The first-order valence-corrected chi connectivity index (χ1v) is 6.83. The zero-order valence-corrected chi connectivity index (χ0v) is 11.8. The molecule has 1 unspecified atom stereocenters. The van der Waals surface area contributed by atoms with E-state index in [2.05, 4.69) is 15.5 Å². The first-order chi connectivity index (χ1) is 9.11. The van der Waals surface area contributed by atoms with Gasteiger partial charge in [-0.2, -0.15) is 0 Å². The molecule has 0 aliphatic rings. The molecule has 0 spiro atoms. The standard InChI is InChI=1S/C12H15FN4OS/c1-8(12-14-15-16-17(12)2)19-7-9-6-10(13)4-5-11(9)18-3/h4-6,8H,7H2,1-3H3. The quantitative estimate of drug-likeness (QED) is 0.842. The lowest BCUT2D eigenvalue weighted by Gasteiger charge is -2.12. The second kappa shape index (κ2) is 6.01. The number of tetrazole rings is 1. The summed E-state index contributed by atoms with van der Waals surface area (Å²) in [4.78, 5) is 0. The number of ether oxygens (including phenoxy) is 1. The number of methoxy groups -OCH3 is 1. The maximum Gasteiger partial charge on any atom is 0.163 e. The van der Waals surface area contributed by atoms with Crippen molar-refractivity contribution in [2.75, 3.05) is 7.11 Å². The van der Waals surface area contributed by atoms with Crippen molar-refractivity contribution in [3.05, 3.63) is 35.4 Å². The Balaban J connectivity index is 2.06. The van der Waals surface area contributed by atoms with Crippen molar-refractivity contribution in [3.63, 3.8) is 0 Å². The molecule has 0 aliphatic heterocycles. The molecule has 7 heteroatoms. The number of nitrogens with zero attached hydrogens (tertiary/aromatic N) is 4. The molecular weight excluding hydrogens is 267 g/mol. The van der Waals surface area contributed by atoms with Crippen LogP contribution in [0.3, 0.4) is 0 Å². The molecule has 5 nitrogen and oxygen atoms in total. The van der Waals surface area contributed by atoms with Gasteiger partial charge in [0.1, 0.15) is 11.6 Å². The molecule has 1 atom stereocenters. The Morgan fingerprint density at radius 1 is 1.47 bits per heavy atom. The van der Waals surface area contributed by atoms with E-state index in [-0.39, 0.29) is 11.1 Å². The summed E-state index contributed by atoms with van der Waals surface area (Å²) in [6.45, 7) is 2.02. The maximum atomic E-state index is 13.2. The maximum absolute atomic E-state index is 13.2. The van der Waals surface area contributed by atoms with Gasteiger partial charge in [-0.05, 0) is 35.5 Å². The first-order valence-electron chi connectivity index (χ1n) is 5.78. The SMILES string of the molecule is COc1ccc(F)cc1CSC(C)c1nnnn1C. The molecule has 0 N–H and O–H groups in total. The van der Waals surface area contributed by atoms with Crippen LogP contribution in [0, 0.1) is 5.82 Å². The van der Waals surface area contributed by atoms with E-state index in [0.29, 0.717) is 11.5 Å². The molecule has 0 radical (unpaired) electrons. The average molecular weight is 282 g/mol. The van der Waals surface area contributed by atoms with E-state index in [1.807, 2.05) is 6.92 Å². The van der Waals surface area contributed by atoms with Gasteiger partial charge in [-0.1, -0.05) is 0 Å². The van der Waals surface area contributed by atoms with Crippen molar-refractivity contribution in [1.29, 1.82) is 0 Å². The average Bonchev–Trinajstić information content (AvgIpc) is 2.82. The van der Waals surface area contributed by atoms with E-state index in [0.717, 1.165) is 11.4 Å². The predicted molar refractivity (Wildman–Crippen MR) is 71.5 cm³/mol. The number of aryl methyl sites for hydroxylation is 1. The summed E-state index contributed by atoms with van der Waals surface area (Å²) in [7, 11) is 3.38. The van der Waals surface area contributed by atoms with Gasteiger partial charge < -0.3 is 4.74 Å². The van der Waals surface area contributed by atoms with Crippen LogP contribution in [0.15, 0.2) is 18.2 Å². The zero-order chi connectivity index (χ0) is 13.8. The van der Waals surface area contributed by atoms with Gasteiger partial charge in [0, 0.05) is 18.4 Å². The highest BCUT2D eigenvalue weighted by molar-refractivity contribution is 7.98. The Morgan fingerprint density at radius 2 is 2.26 bits per heavy atom. The van der Waals surface area contributed by atoms with E-state index in [9.17, 15) is 4.39 Å². The highest BCUT2D eigenvalue weighted by atomic mass is 32.2. The van der Waals surface area contributed by atoms with Gasteiger partial charge in [-0.15, -0.1) is 16.9 Å². The van der Waals surface area contributed by atoms with Crippen LogP contribution in [0.5, 0.6) is 5.75 Å². The second-order valence-corrected chi connectivity index (χ2v) is 5.40. The monoisotopic (exact) mass is 282 g/mol. The van der Waals surface area contributed by atoms with Gasteiger partial charge in [0.25, 0.3) is 0 Å². The van der Waals surface area contributed by atoms with Crippen LogP contribution < -0.4 is 4.74 Å². The third-order valence-electron chi connectivity index (χ3n) is 2.75. The summed E-state index contributed by atoms with van der Waals surface area (Å²) in [6.07, 6.45) is 0. The highest BCUT2D eigenvalue weighted by Crippen LogP contribution is 2.32. The molecule has 0 aliphatic carbocycles. The number of halogens is 1. The van der Waals surface area contributed by atoms with Crippen LogP contribution in [0.2, 0.25) is 0 Å². The fourth-order valence-electron chi connectivity index (χ4n) is 1.73. The Bertz CT molecular complexity index is 560. The van der Waals surface area contributed by atoms with Gasteiger partial charge in [-0.3, -0.25) is 0 Å². The molecule has 102 valence electrons. The molecule has 1 heterocycles. The van der Waals surface area contributed by atoms with Gasteiger partial charge >= 0.3 is 0 Å². The van der Waals surface area contributed by atoms with E-state index < -0.39 is 0 Å².